The summed E-state index contributed by atoms with van der Waals surface area (Å²) in [6.07, 6.45) is 27.3. The molecular weight excluding hydrogens is 528 g/mol. The zero-order valence-electron chi connectivity index (χ0n) is 28.1. The Balaban J connectivity index is 1.96. The molecule has 43 heavy (non-hydrogen) atoms. The molecule has 0 amide bonds. The van der Waals surface area contributed by atoms with Crippen molar-refractivity contribution < 1.29 is 15.0 Å². The second-order valence-corrected chi connectivity index (χ2v) is 13.7. The van der Waals surface area contributed by atoms with Crippen molar-refractivity contribution in [2.75, 3.05) is 6.61 Å². The van der Waals surface area contributed by atoms with Crippen LogP contribution < -0.4 is 0 Å². The van der Waals surface area contributed by atoms with Crippen molar-refractivity contribution in [3.63, 3.8) is 0 Å². The molecule has 0 heterocycles. The van der Waals surface area contributed by atoms with E-state index < -0.39 is 5.41 Å². The van der Waals surface area contributed by atoms with Crippen LogP contribution >= 0.6 is 0 Å². The molecule has 0 aromatic carbocycles. The Hall–Kier alpha value is -3.35. The normalized spacial score (nSPS) is 23.9. The first kappa shape index (κ1) is 35.8. The predicted octanol–water partition coefficient (Wildman–Crippen LogP) is 10.2. The first-order chi connectivity index (χ1) is 20.1. The average Bonchev–Trinajstić information content (AvgIpc) is 3.21. The summed E-state index contributed by atoms with van der Waals surface area (Å²) in [7, 11) is 0. The van der Waals surface area contributed by atoms with E-state index in [1.807, 2.05) is 88.5 Å². The van der Waals surface area contributed by atoms with Crippen LogP contribution in [0.3, 0.4) is 0 Å². The molecule has 2 N–H and O–H groups in total. The summed E-state index contributed by atoms with van der Waals surface area (Å²) >= 11 is 0. The Morgan fingerprint density at radius 2 is 1.44 bits per heavy atom. The lowest BCUT2D eigenvalue weighted by molar-refractivity contribution is -0.127. The van der Waals surface area contributed by atoms with Crippen molar-refractivity contribution in [3.05, 3.63) is 106 Å². The fourth-order valence-electron chi connectivity index (χ4n) is 5.80. The minimum absolute atomic E-state index is 0.00824. The lowest BCUT2D eigenvalue weighted by Crippen LogP contribution is -2.36. The van der Waals surface area contributed by atoms with Gasteiger partial charge in [-0.1, -0.05) is 124 Å². The van der Waals surface area contributed by atoms with Crippen LogP contribution in [-0.2, 0) is 4.79 Å². The third kappa shape index (κ3) is 10.4. The van der Waals surface area contributed by atoms with Gasteiger partial charge in [0.15, 0.2) is 5.78 Å². The molecule has 2 rings (SSSR count). The Morgan fingerprint density at radius 1 is 0.837 bits per heavy atom. The van der Waals surface area contributed by atoms with Gasteiger partial charge in [-0.25, -0.2) is 0 Å². The second kappa shape index (κ2) is 15.9. The van der Waals surface area contributed by atoms with Gasteiger partial charge in [0, 0.05) is 22.6 Å². The van der Waals surface area contributed by atoms with E-state index in [0.717, 1.165) is 43.3 Å². The monoisotopic (exact) mass is 582 g/mol. The molecule has 1 atom stereocenters. The molecule has 2 aliphatic carbocycles. The SMILES string of the molecule is CC(C=CC=C(C#CC1=C(C)CCCC1(C)C)CO)=CC=CC=C(C)C=CC=C(C)C(O)=CC(=O)C1(C)CCCC1(C)C. The fourth-order valence-corrected chi connectivity index (χ4v) is 5.80. The quantitative estimate of drug-likeness (QED) is 0.117. The number of aliphatic hydroxyl groups excluding tert-OH is 2. The minimum atomic E-state index is -0.428. The molecule has 2 aliphatic rings. The van der Waals surface area contributed by atoms with E-state index in [4.69, 9.17) is 0 Å². The number of carbonyl (C=O) groups is 1. The molecule has 232 valence electrons. The maximum absolute atomic E-state index is 13.0. The van der Waals surface area contributed by atoms with Crippen molar-refractivity contribution in [2.45, 2.75) is 101 Å². The Morgan fingerprint density at radius 3 is 1.98 bits per heavy atom. The highest BCUT2D eigenvalue weighted by atomic mass is 16.3. The molecule has 1 fully saturated rings. The topological polar surface area (TPSA) is 57.5 Å². The van der Waals surface area contributed by atoms with Crippen LogP contribution in [0.4, 0.5) is 0 Å². The van der Waals surface area contributed by atoms with Crippen LogP contribution in [0, 0.1) is 28.1 Å². The predicted molar refractivity (Wildman–Crippen MR) is 183 cm³/mol. The maximum atomic E-state index is 13.0. The van der Waals surface area contributed by atoms with Gasteiger partial charge in [0.05, 0.1) is 6.61 Å². The summed E-state index contributed by atoms with van der Waals surface area (Å²) in [6.45, 7) is 18.8. The van der Waals surface area contributed by atoms with E-state index in [-0.39, 0.29) is 29.0 Å². The van der Waals surface area contributed by atoms with Crippen LogP contribution in [0.25, 0.3) is 0 Å². The number of ketones is 1. The van der Waals surface area contributed by atoms with E-state index in [1.165, 1.54) is 23.6 Å². The standard InChI is InChI=1S/C40H54O3/c1-30(18-12-20-33(4)36(42)28-37(43)40(9)27-15-26-39(40,7)8)16-10-11-17-31(2)19-13-22-34(29-41)23-24-35-32(3)21-14-25-38(35,5)6/h10-13,16-20,22,28,41-42H,14-15,21,25-27,29H2,1-9H3. The molecule has 0 aromatic rings. The number of rotatable bonds is 10. The molecule has 0 aliphatic heterocycles. The van der Waals surface area contributed by atoms with E-state index in [2.05, 4.69) is 46.5 Å². The lowest BCUT2D eigenvalue weighted by atomic mass is 9.66. The van der Waals surface area contributed by atoms with Crippen molar-refractivity contribution in [1.29, 1.82) is 0 Å². The summed E-state index contributed by atoms with van der Waals surface area (Å²) in [5, 5.41) is 20.3. The van der Waals surface area contributed by atoms with Crippen LogP contribution in [0.1, 0.15) is 101 Å². The molecule has 3 heteroatoms. The zero-order valence-corrected chi connectivity index (χ0v) is 28.1. The van der Waals surface area contributed by atoms with E-state index in [9.17, 15) is 15.0 Å². The van der Waals surface area contributed by atoms with E-state index in [1.54, 1.807) is 0 Å². The molecule has 0 bridgehead atoms. The number of aliphatic hydroxyl groups is 2. The van der Waals surface area contributed by atoms with Gasteiger partial charge < -0.3 is 10.2 Å². The third-order valence-corrected chi connectivity index (χ3v) is 9.35. The summed E-state index contributed by atoms with van der Waals surface area (Å²) in [4.78, 5) is 13.0. The van der Waals surface area contributed by atoms with E-state index >= 15 is 0 Å². The molecule has 3 nitrogen and oxygen atoms in total. The number of hydrogen-bond donors (Lipinski definition) is 2. The van der Waals surface area contributed by atoms with Gasteiger partial charge in [0.25, 0.3) is 0 Å². The van der Waals surface area contributed by atoms with Crippen molar-refractivity contribution >= 4 is 5.78 Å². The zero-order chi connectivity index (χ0) is 32.3. The molecule has 0 spiro atoms. The Kier molecular flexibility index (Phi) is 13.3. The van der Waals surface area contributed by atoms with Crippen molar-refractivity contribution in [1.82, 2.24) is 0 Å². The van der Waals surface area contributed by atoms with Crippen molar-refractivity contribution in [3.8, 4) is 11.8 Å². The van der Waals surface area contributed by atoms with Crippen LogP contribution in [-0.4, -0.2) is 22.6 Å². The van der Waals surface area contributed by atoms with Gasteiger partial charge >= 0.3 is 0 Å². The highest BCUT2D eigenvalue weighted by Gasteiger charge is 2.49. The molecule has 1 saturated carbocycles. The van der Waals surface area contributed by atoms with Gasteiger partial charge in [-0.15, -0.1) is 0 Å². The molecular formula is C40H54O3. The molecule has 0 saturated heterocycles. The largest absolute Gasteiger partial charge is 0.508 e. The molecule has 1 unspecified atom stereocenters. The summed E-state index contributed by atoms with van der Waals surface area (Å²) in [5.41, 5.74) is 5.70. The molecule has 0 radical (unpaired) electrons. The summed E-state index contributed by atoms with van der Waals surface area (Å²) < 4.78 is 0. The number of carbonyl (C=O) groups excluding carboxylic acids is 1. The van der Waals surface area contributed by atoms with Gasteiger partial charge in [-0.2, -0.15) is 0 Å². The summed E-state index contributed by atoms with van der Waals surface area (Å²) in [5.74, 6) is 6.57. The Bertz CT molecular complexity index is 1370. The van der Waals surface area contributed by atoms with Crippen LogP contribution in [0.15, 0.2) is 106 Å². The maximum Gasteiger partial charge on any atom is 0.165 e. The van der Waals surface area contributed by atoms with Crippen LogP contribution in [0.5, 0.6) is 0 Å². The van der Waals surface area contributed by atoms with Crippen molar-refractivity contribution in [2.24, 2.45) is 16.2 Å². The molecule has 0 aromatic heterocycles. The second-order valence-electron chi connectivity index (χ2n) is 13.7. The minimum Gasteiger partial charge on any atom is -0.508 e. The third-order valence-electron chi connectivity index (χ3n) is 9.35. The first-order valence-electron chi connectivity index (χ1n) is 15.7. The van der Waals surface area contributed by atoms with Gasteiger partial charge in [-0.3, -0.25) is 4.79 Å². The van der Waals surface area contributed by atoms with Crippen LogP contribution in [0.2, 0.25) is 0 Å². The highest BCUT2D eigenvalue weighted by Crippen LogP contribution is 2.53. The number of hydrogen-bond acceptors (Lipinski definition) is 3. The first-order valence-corrected chi connectivity index (χ1v) is 15.7. The number of allylic oxidation sites excluding steroid dienone is 16. The smallest absolute Gasteiger partial charge is 0.165 e. The van der Waals surface area contributed by atoms with Gasteiger partial charge in [0.2, 0.25) is 0 Å². The highest BCUT2D eigenvalue weighted by molar-refractivity contribution is 5.96. The van der Waals surface area contributed by atoms with E-state index in [0.29, 0.717) is 11.1 Å². The fraction of sp³-hybridized carbons (Fsp3) is 0.475. The lowest BCUT2D eigenvalue weighted by Gasteiger charge is -2.36. The van der Waals surface area contributed by atoms with Gasteiger partial charge in [0.1, 0.15) is 5.76 Å². The Labute approximate surface area is 262 Å². The van der Waals surface area contributed by atoms with Gasteiger partial charge in [-0.05, 0) is 82.3 Å². The average molecular weight is 583 g/mol. The summed E-state index contributed by atoms with van der Waals surface area (Å²) in [6, 6.07) is 0.